The lowest BCUT2D eigenvalue weighted by atomic mass is 9.45. The van der Waals surface area contributed by atoms with E-state index in [0.717, 1.165) is 91.6 Å². The predicted molar refractivity (Wildman–Crippen MR) is 218 cm³/mol. The quantitative estimate of drug-likeness (QED) is 0.176. The molecule has 236 valence electrons. The summed E-state index contributed by atoms with van der Waals surface area (Å²) in [6, 6.07) is 55.2. The maximum atomic E-state index is 9.82. The fourth-order valence-corrected chi connectivity index (χ4v) is 9.38. The number of para-hydroxylation sites is 1. The van der Waals surface area contributed by atoms with Gasteiger partial charge in [0.2, 0.25) is 5.95 Å². The monoisotopic (exact) mass is 667 g/mol. The first-order valence-corrected chi connectivity index (χ1v) is 18.0. The van der Waals surface area contributed by atoms with Gasteiger partial charge in [-0.1, -0.05) is 163 Å². The van der Waals surface area contributed by atoms with Crippen molar-refractivity contribution in [3.8, 4) is 22.4 Å². The van der Waals surface area contributed by atoms with Crippen molar-refractivity contribution in [2.24, 2.45) is 0 Å². The number of thiophene rings is 1. The van der Waals surface area contributed by atoms with E-state index in [1.54, 1.807) is 11.3 Å². The maximum absolute atomic E-state index is 9.82. The van der Waals surface area contributed by atoms with Crippen LogP contribution in [0.2, 0.25) is 0 Å². The lowest BCUT2D eigenvalue weighted by Gasteiger charge is -2.39. The molecule has 0 amide bonds. The molecule has 0 saturated carbocycles. The molecule has 3 nitrogen and oxygen atoms in total. The minimum atomic E-state index is -0.431. The van der Waals surface area contributed by atoms with Crippen LogP contribution < -0.4 is 15.7 Å². The Kier molecular flexibility index (Phi) is 5.78. The fourth-order valence-electron chi connectivity index (χ4n) is 8.17. The van der Waals surface area contributed by atoms with Gasteiger partial charge in [-0.15, -0.1) is 11.3 Å². The van der Waals surface area contributed by atoms with Gasteiger partial charge >= 0.3 is 6.85 Å². The van der Waals surface area contributed by atoms with Crippen LogP contribution >= 0.6 is 11.3 Å². The molecule has 51 heavy (non-hydrogen) atoms. The van der Waals surface area contributed by atoms with E-state index in [1.807, 2.05) is 54.6 Å². The number of fused-ring (bicyclic) bond motifs is 13. The van der Waals surface area contributed by atoms with Gasteiger partial charge in [0.1, 0.15) is 0 Å². The van der Waals surface area contributed by atoms with Crippen LogP contribution in [0.4, 0.5) is 11.6 Å². The molecular formula is C46H28BN3S. The van der Waals surface area contributed by atoms with Gasteiger partial charge in [-0.05, 0) is 39.3 Å². The van der Waals surface area contributed by atoms with Gasteiger partial charge in [-0.2, -0.15) is 0 Å². The molecule has 0 radical (unpaired) electrons. The van der Waals surface area contributed by atoms with Crippen LogP contribution in [0.5, 0.6) is 0 Å². The third-order valence-electron chi connectivity index (χ3n) is 10.3. The molecule has 0 saturated heterocycles. The van der Waals surface area contributed by atoms with Crippen molar-refractivity contribution < 1.29 is 2.74 Å². The summed E-state index contributed by atoms with van der Waals surface area (Å²) < 4.78 is 20.9. The molecule has 11 rings (SSSR count). The molecule has 1 aliphatic heterocycles. The number of hydrogen-bond acceptors (Lipinski definition) is 4. The maximum Gasteiger partial charge on any atom is 0.332 e. The summed E-state index contributed by atoms with van der Waals surface area (Å²) >= 11 is 1.68. The normalized spacial score (nSPS) is 13.2. The van der Waals surface area contributed by atoms with Gasteiger partial charge in [0.05, 0.1) is 14.0 Å². The highest BCUT2D eigenvalue weighted by Gasteiger charge is 2.42. The Morgan fingerprint density at radius 2 is 1.22 bits per heavy atom. The standard InChI is InChI=1S/C46H28BN3S/c1-3-16-30(17-4-1)43-35-23-11-13-25-38(35)48-46(49-43)50-44-41(33-21-9-10-22-34(33)45-42(44)36-24-12-14-26-39(36)51-45)40-32-20-8-7-15-29(32)27-28-37(40)47(50)31-18-5-2-6-19-31/h1-28H/i26D,28D. The van der Waals surface area contributed by atoms with Gasteiger partial charge in [-0.3, -0.25) is 0 Å². The summed E-state index contributed by atoms with van der Waals surface area (Å²) in [6.07, 6.45) is 0. The summed E-state index contributed by atoms with van der Waals surface area (Å²) in [5, 5.41) is 7.47. The molecule has 8 aromatic carbocycles. The van der Waals surface area contributed by atoms with E-state index < -0.39 is 6.85 Å². The van der Waals surface area contributed by atoms with Gasteiger partial charge in [-0.25, -0.2) is 9.97 Å². The largest absolute Gasteiger partial charge is 0.345 e. The highest BCUT2D eigenvalue weighted by atomic mass is 32.1. The highest BCUT2D eigenvalue weighted by molar-refractivity contribution is 7.27. The SMILES string of the molecule is [2H]c1cc2ccccc2c2c1B(c1ccccc1)N(c1nc(-c3ccccc3)c3ccccc3n1)c1c-2c2ccccc2c2sc3c([2H])cccc3c12. The van der Waals surface area contributed by atoms with Crippen molar-refractivity contribution >= 4 is 93.4 Å². The number of aromatic nitrogens is 2. The smallest absolute Gasteiger partial charge is 0.332 e. The molecule has 1 aliphatic rings. The zero-order valence-corrected chi connectivity index (χ0v) is 28.2. The van der Waals surface area contributed by atoms with Crippen LogP contribution in [0.1, 0.15) is 2.74 Å². The highest BCUT2D eigenvalue weighted by Crippen LogP contribution is 2.54. The first kappa shape index (κ1) is 26.6. The minimum absolute atomic E-state index is 0.431. The molecule has 2 aromatic heterocycles. The van der Waals surface area contributed by atoms with E-state index in [-0.39, 0.29) is 0 Å². The molecule has 0 spiro atoms. The first-order chi connectivity index (χ1) is 26.2. The topological polar surface area (TPSA) is 29.0 Å². The second-order valence-electron chi connectivity index (χ2n) is 13.1. The van der Waals surface area contributed by atoms with Crippen LogP contribution in [-0.2, 0) is 0 Å². The van der Waals surface area contributed by atoms with E-state index in [9.17, 15) is 1.37 Å². The Morgan fingerprint density at radius 1 is 0.549 bits per heavy atom. The zero-order valence-electron chi connectivity index (χ0n) is 29.3. The van der Waals surface area contributed by atoms with Crippen molar-refractivity contribution in [2.45, 2.75) is 0 Å². The Labute approximate surface area is 302 Å². The van der Waals surface area contributed by atoms with Gasteiger partial charge in [0.25, 0.3) is 0 Å². The van der Waals surface area contributed by atoms with Crippen LogP contribution in [0.25, 0.3) is 75.0 Å². The number of benzene rings is 8. The minimum Gasteiger partial charge on any atom is -0.345 e. The third-order valence-corrected chi connectivity index (χ3v) is 11.5. The molecule has 0 unspecified atom stereocenters. The van der Waals surface area contributed by atoms with E-state index in [0.29, 0.717) is 18.0 Å². The summed E-state index contributed by atoms with van der Waals surface area (Å²) in [7, 11) is 0. The van der Waals surface area contributed by atoms with Gasteiger partial charge < -0.3 is 4.81 Å². The summed E-state index contributed by atoms with van der Waals surface area (Å²) in [5.41, 5.74) is 7.81. The van der Waals surface area contributed by atoms with Crippen LogP contribution in [0.15, 0.2) is 170 Å². The predicted octanol–water partition coefficient (Wildman–Crippen LogP) is 10.9. The van der Waals surface area contributed by atoms with E-state index in [4.69, 9.17) is 11.3 Å². The molecule has 0 atom stereocenters. The molecular weight excluding hydrogens is 637 g/mol. The van der Waals surface area contributed by atoms with Crippen molar-refractivity contribution in [1.82, 2.24) is 9.97 Å². The van der Waals surface area contributed by atoms with Gasteiger partial charge in [0, 0.05) is 47.8 Å². The van der Waals surface area contributed by atoms with Crippen LogP contribution in [0, 0.1) is 0 Å². The summed E-state index contributed by atoms with van der Waals surface area (Å²) in [4.78, 5) is 13.3. The lowest BCUT2D eigenvalue weighted by Crippen LogP contribution is -2.58. The fraction of sp³-hybridized carbons (Fsp3) is 0. The van der Waals surface area contributed by atoms with Crippen LogP contribution in [0.3, 0.4) is 0 Å². The lowest BCUT2D eigenvalue weighted by molar-refractivity contribution is 1.16. The Hall–Kier alpha value is -6.30. The van der Waals surface area contributed by atoms with Crippen molar-refractivity contribution in [3.05, 3.63) is 170 Å². The molecule has 3 heterocycles. The average molecular weight is 668 g/mol. The Bertz CT molecular complexity index is 3110. The Balaban J connectivity index is 1.40. The summed E-state index contributed by atoms with van der Waals surface area (Å²) in [6.45, 7) is -0.431. The molecule has 0 bridgehead atoms. The van der Waals surface area contributed by atoms with Crippen molar-refractivity contribution in [2.75, 3.05) is 4.81 Å². The number of rotatable bonds is 3. The molecule has 5 heteroatoms. The third kappa shape index (κ3) is 4.19. The molecule has 10 aromatic rings. The first-order valence-electron chi connectivity index (χ1n) is 18.2. The second kappa shape index (κ2) is 11.1. The number of hydrogen-bond donors (Lipinski definition) is 0. The number of anilines is 2. The Morgan fingerprint density at radius 3 is 2.06 bits per heavy atom. The zero-order chi connectivity index (χ0) is 35.2. The van der Waals surface area contributed by atoms with Crippen LogP contribution in [-0.4, -0.2) is 16.8 Å². The van der Waals surface area contributed by atoms with E-state index in [2.05, 4.69) is 108 Å². The second-order valence-corrected chi connectivity index (χ2v) is 14.1. The van der Waals surface area contributed by atoms with E-state index >= 15 is 0 Å². The van der Waals surface area contributed by atoms with Gasteiger partial charge in [0.15, 0.2) is 0 Å². The van der Waals surface area contributed by atoms with Crippen molar-refractivity contribution in [3.63, 3.8) is 0 Å². The van der Waals surface area contributed by atoms with E-state index in [1.165, 1.54) is 0 Å². The molecule has 0 aliphatic carbocycles. The van der Waals surface area contributed by atoms with Crippen molar-refractivity contribution in [1.29, 1.82) is 0 Å². The molecule has 0 fully saturated rings. The number of nitrogens with zero attached hydrogens (tertiary/aromatic N) is 3. The average Bonchev–Trinajstić information content (AvgIpc) is 3.62. The summed E-state index contributed by atoms with van der Waals surface area (Å²) in [5.74, 6) is 0.564. The molecule has 0 N–H and O–H groups in total.